The number of rotatable bonds is 6. The van der Waals surface area contributed by atoms with Crippen LogP contribution in [0.25, 0.3) is 10.8 Å². The van der Waals surface area contributed by atoms with Crippen LogP contribution in [0.4, 0.5) is 21.2 Å². The Bertz CT molecular complexity index is 1730. The molecule has 0 aromatic heterocycles. The van der Waals surface area contributed by atoms with Gasteiger partial charge in [0.15, 0.2) is 5.60 Å². The second-order valence-corrected chi connectivity index (χ2v) is 16.0. The molecular weight excluding hydrogens is 547 g/mol. The molecule has 42 heavy (non-hydrogen) atoms. The van der Waals surface area contributed by atoms with Gasteiger partial charge in [0, 0.05) is 34.7 Å². The lowest BCUT2D eigenvalue weighted by atomic mass is 9.82. The van der Waals surface area contributed by atoms with Crippen molar-refractivity contribution >= 4 is 48.1 Å². The van der Waals surface area contributed by atoms with Crippen LogP contribution < -0.4 is 9.80 Å². The molecule has 0 radical (unpaired) electrons. The first-order valence-electron chi connectivity index (χ1n) is 14.5. The normalized spacial score (nSPS) is 24.8. The lowest BCUT2D eigenvalue weighted by Gasteiger charge is -2.31. The average Bonchev–Trinajstić information content (AvgIpc) is 3.52. The van der Waals surface area contributed by atoms with Crippen molar-refractivity contribution in [2.24, 2.45) is 5.92 Å². The van der Waals surface area contributed by atoms with Crippen molar-refractivity contribution in [1.29, 1.82) is 0 Å². The summed E-state index contributed by atoms with van der Waals surface area (Å²) in [6, 6.07) is 27.0. The summed E-state index contributed by atoms with van der Waals surface area (Å²) >= 11 is 0. The zero-order valence-electron chi connectivity index (χ0n) is 23.9. The van der Waals surface area contributed by atoms with Crippen LogP contribution >= 0.6 is 0 Å². The highest BCUT2D eigenvalue weighted by molar-refractivity contribution is 6.72. The first kappa shape index (κ1) is 27.0. The van der Waals surface area contributed by atoms with Crippen molar-refractivity contribution in [3.8, 4) is 0 Å². The Hall–Kier alpha value is -3.85. The number of anilines is 3. The molecule has 7 rings (SSSR count). The SMILES string of the molecule is C[C@@H]1[C@@H]([Si](C)(C)F)[C@H](CCO)O[C@@]12C(=O)N(Cc1ccccc1)c1ccc(N3C(=O)c4cccc5cccc3c45)cc12. The molecule has 4 aromatic rings. The number of amides is 2. The molecule has 0 aliphatic carbocycles. The molecule has 1 fully saturated rings. The van der Waals surface area contributed by atoms with Crippen LogP contribution in [0.15, 0.2) is 84.9 Å². The molecule has 0 bridgehead atoms. The van der Waals surface area contributed by atoms with Gasteiger partial charge in [-0.15, -0.1) is 0 Å². The van der Waals surface area contributed by atoms with Gasteiger partial charge in [-0.05, 0) is 60.8 Å². The molecule has 2 amide bonds. The molecule has 3 aliphatic heterocycles. The van der Waals surface area contributed by atoms with Crippen molar-refractivity contribution in [1.82, 2.24) is 0 Å². The quantitative estimate of drug-likeness (QED) is 0.200. The summed E-state index contributed by atoms with van der Waals surface area (Å²) in [6.45, 7) is 5.39. The van der Waals surface area contributed by atoms with Gasteiger partial charge in [0.05, 0.1) is 29.6 Å². The molecule has 3 heterocycles. The standard InChI is InChI=1S/C34H33FN2O4Si/c1-21-31(42(2,3)35)29(17-18-38)41-34(21)26-19-24(15-16-27(26)36(33(34)40)20-22-9-5-4-6-10-22)37-28-14-8-12-23-11-7-13-25(30(23)28)32(37)39/h4-16,19,21,29,31,38H,17-18,20H2,1-3H3/t21-,29+,31-,34+/m1/s1. The smallest absolute Gasteiger partial charge is 0.264 e. The molecule has 8 heteroatoms. The van der Waals surface area contributed by atoms with E-state index in [9.17, 15) is 14.7 Å². The highest BCUT2D eigenvalue weighted by Gasteiger charge is 2.66. The summed E-state index contributed by atoms with van der Waals surface area (Å²) < 4.78 is 22.7. The van der Waals surface area contributed by atoms with E-state index < -0.39 is 31.6 Å². The zero-order valence-corrected chi connectivity index (χ0v) is 24.9. The Morgan fingerprint density at radius 2 is 1.69 bits per heavy atom. The second kappa shape index (κ2) is 9.59. The van der Waals surface area contributed by atoms with Gasteiger partial charge in [-0.1, -0.05) is 61.5 Å². The zero-order chi connectivity index (χ0) is 29.4. The molecule has 6 nitrogen and oxygen atoms in total. The van der Waals surface area contributed by atoms with Crippen LogP contribution in [0.1, 0.15) is 34.8 Å². The fraction of sp³-hybridized carbons (Fsp3) is 0.294. The van der Waals surface area contributed by atoms with Crippen LogP contribution in [-0.4, -0.2) is 38.0 Å². The summed E-state index contributed by atoms with van der Waals surface area (Å²) in [5, 5.41) is 11.8. The van der Waals surface area contributed by atoms with Crippen molar-refractivity contribution < 1.29 is 23.5 Å². The Morgan fingerprint density at radius 3 is 2.40 bits per heavy atom. The monoisotopic (exact) mass is 580 g/mol. The number of hydrogen-bond donors (Lipinski definition) is 1. The van der Waals surface area contributed by atoms with E-state index in [0.29, 0.717) is 29.0 Å². The molecule has 4 aromatic carbocycles. The summed E-state index contributed by atoms with van der Waals surface area (Å²) in [4.78, 5) is 31.8. The maximum Gasteiger partial charge on any atom is 0.264 e. The second-order valence-electron chi connectivity index (χ2n) is 12.2. The first-order valence-corrected chi connectivity index (χ1v) is 17.5. The number of ether oxygens (including phenoxy) is 1. The Morgan fingerprint density at radius 1 is 0.952 bits per heavy atom. The minimum atomic E-state index is -3.32. The molecule has 1 saturated heterocycles. The predicted molar refractivity (Wildman–Crippen MR) is 164 cm³/mol. The van der Waals surface area contributed by atoms with Crippen LogP contribution in [-0.2, 0) is 21.7 Å². The maximum absolute atomic E-state index is 16.0. The van der Waals surface area contributed by atoms with Crippen LogP contribution in [0.5, 0.6) is 0 Å². The predicted octanol–water partition coefficient (Wildman–Crippen LogP) is 6.84. The number of aliphatic hydroxyl groups is 1. The highest BCUT2D eigenvalue weighted by atomic mass is 28.4. The van der Waals surface area contributed by atoms with Crippen molar-refractivity contribution in [3.63, 3.8) is 0 Å². The minimum Gasteiger partial charge on any atom is -0.396 e. The number of carbonyl (C=O) groups excluding carboxylic acids is 2. The van der Waals surface area contributed by atoms with Crippen LogP contribution in [0.2, 0.25) is 18.6 Å². The molecule has 1 N–H and O–H groups in total. The minimum absolute atomic E-state index is 0.130. The third-order valence-corrected chi connectivity index (χ3v) is 11.8. The van der Waals surface area contributed by atoms with E-state index in [4.69, 9.17) is 4.74 Å². The largest absolute Gasteiger partial charge is 0.396 e. The number of fused-ring (bicyclic) bond motifs is 2. The molecule has 4 atom stereocenters. The van der Waals surface area contributed by atoms with Gasteiger partial charge in [0.1, 0.15) is 0 Å². The fourth-order valence-corrected chi connectivity index (χ4v) is 10.2. The lowest BCUT2D eigenvalue weighted by Crippen LogP contribution is -2.45. The highest BCUT2D eigenvalue weighted by Crippen LogP contribution is 2.61. The van der Waals surface area contributed by atoms with E-state index in [2.05, 4.69) is 0 Å². The molecule has 0 saturated carbocycles. The van der Waals surface area contributed by atoms with E-state index in [-0.39, 0.29) is 24.8 Å². The third-order valence-electron chi connectivity index (χ3n) is 9.36. The van der Waals surface area contributed by atoms with Gasteiger partial charge in [-0.3, -0.25) is 14.5 Å². The van der Waals surface area contributed by atoms with Crippen LogP contribution in [0.3, 0.4) is 0 Å². The Balaban J connectivity index is 1.40. The van der Waals surface area contributed by atoms with E-state index >= 15 is 4.11 Å². The van der Waals surface area contributed by atoms with E-state index in [1.54, 1.807) is 22.9 Å². The molecular formula is C34H33FN2O4Si. The van der Waals surface area contributed by atoms with Crippen molar-refractivity contribution in [2.75, 3.05) is 16.4 Å². The topological polar surface area (TPSA) is 70.1 Å². The lowest BCUT2D eigenvalue weighted by molar-refractivity contribution is -0.146. The van der Waals surface area contributed by atoms with Gasteiger partial charge in [0.25, 0.3) is 11.8 Å². The van der Waals surface area contributed by atoms with Gasteiger partial charge in [0.2, 0.25) is 8.41 Å². The molecule has 214 valence electrons. The number of benzene rings is 4. The van der Waals surface area contributed by atoms with Crippen LogP contribution in [0, 0.1) is 5.92 Å². The Kier molecular flexibility index (Phi) is 6.17. The summed E-state index contributed by atoms with van der Waals surface area (Å²) in [5.74, 6) is -0.833. The van der Waals surface area contributed by atoms with E-state index in [0.717, 1.165) is 22.0 Å². The molecule has 3 aliphatic rings. The van der Waals surface area contributed by atoms with Crippen molar-refractivity contribution in [2.45, 2.75) is 50.2 Å². The molecule has 1 spiro atoms. The van der Waals surface area contributed by atoms with Gasteiger partial charge >= 0.3 is 0 Å². The summed E-state index contributed by atoms with van der Waals surface area (Å²) in [7, 11) is -3.32. The number of nitrogens with zero attached hydrogens (tertiary/aromatic N) is 2. The first-order chi connectivity index (χ1) is 20.2. The average molecular weight is 581 g/mol. The summed E-state index contributed by atoms with van der Waals surface area (Å²) in [5.41, 5.74) is 2.45. The summed E-state index contributed by atoms with van der Waals surface area (Å²) in [6.07, 6.45) is -0.347. The van der Waals surface area contributed by atoms with Crippen molar-refractivity contribution in [3.05, 3.63) is 102 Å². The molecule has 0 unspecified atom stereocenters. The maximum atomic E-state index is 16.0. The van der Waals surface area contributed by atoms with Gasteiger partial charge in [-0.2, -0.15) is 0 Å². The number of halogens is 1. The third kappa shape index (κ3) is 3.75. The Labute approximate surface area is 245 Å². The number of hydrogen-bond acceptors (Lipinski definition) is 4. The fourth-order valence-electron chi connectivity index (χ4n) is 7.67. The van der Waals surface area contributed by atoms with Gasteiger partial charge < -0.3 is 18.9 Å². The van der Waals surface area contributed by atoms with E-state index in [1.807, 2.05) is 91.9 Å². The van der Waals surface area contributed by atoms with Gasteiger partial charge in [-0.25, -0.2) is 0 Å². The number of carbonyl (C=O) groups is 2. The number of aliphatic hydroxyl groups excluding tert-OH is 1. The van der Waals surface area contributed by atoms with E-state index in [1.165, 1.54) is 0 Å².